The van der Waals surface area contributed by atoms with Gasteiger partial charge in [0.15, 0.2) is 0 Å². The highest BCUT2D eigenvalue weighted by Gasteiger charge is 2.21. The Morgan fingerprint density at radius 3 is 1.59 bits per heavy atom. The van der Waals surface area contributed by atoms with Crippen LogP contribution in [0.4, 0.5) is 0 Å². The maximum Gasteiger partial charge on any atom is 0.335 e. The number of carbonyl (C=O) groups is 2. The van der Waals surface area contributed by atoms with Gasteiger partial charge < -0.3 is 10.2 Å². The Balaban J connectivity index is 2.62. The van der Waals surface area contributed by atoms with E-state index in [2.05, 4.69) is 0 Å². The zero-order valence-electron chi connectivity index (χ0n) is 9.40. The van der Waals surface area contributed by atoms with Crippen molar-refractivity contribution in [3.63, 3.8) is 0 Å². The van der Waals surface area contributed by atoms with Crippen molar-refractivity contribution in [3.8, 4) is 0 Å². The summed E-state index contributed by atoms with van der Waals surface area (Å²) >= 11 is 0. The monoisotopic (exact) mass is 234 g/mol. The number of rotatable bonds is 2. The van der Waals surface area contributed by atoms with Gasteiger partial charge in [0.2, 0.25) is 0 Å². The largest absolute Gasteiger partial charge is 0.478 e. The van der Waals surface area contributed by atoms with Gasteiger partial charge in [0, 0.05) is 0 Å². The number of fused-ring (bicyclic) bond motifs is 1. The van der Waals surface area contributed by atoms with Crippen molar-refractivity contribution in [2.75, 3.05) is 0 Å². The first-order valence-corrected chi connectivity index (χ1v) is 5.72. The van der Waals surface area contributed by atoms with Crippen molar-refractivity contribution in [3.05, 3.63) is 34.4 Å². The highest BCUT2D eigenvalue weighted by Crippen LogP contribution is 2.27. The maximum atomic E-state index is 11.1. The molecule has 90 valence electrons. The van der Waals surface area contributed by atoms with Crippen LogP contribution in [0.15, 0.2) is 12.1 Å². The van der Waals surface area contributed by atoms with Crippen LogP contribution < -0.4 is 0 Å². The van der Waals surface area contributed by atoms with Crippen molar-refractivity contribution in [1.29, 1.82) is 0 Å². The fraction of sp³-hybridized carbons (Fsp3) is 0.385. The molecule has 0 aliphatic heterocycles. The van der Waals surface area contributed by atoms with E-state index >= 15 is 0 Å². The molecule has 0 bridgehead atoms. The van der Waals surface area contributed by atoms with Crippen LogP contribution in [0.2, 0.25) is 0 Å². The van der Waals surface area contributed by atoms with E-state index in [0.29, 0.717) is 12.8 Å². The van der Waals surface area contributed by atoms with E-state index in [-0.39, 0.29) is 11.1 Å². The molecular weight excluding hydrogens is 220 g/mol. The smallest absolute Gasteiger partial charge is 0.335 e. The van der Waals surface area contributed by atoms with E-state index in [1.165, 1.54) is 12.1 Å². The van der Waals surface area contributed by atoms with Gasteiger partial charge in [-0.25, -0.2) is 9.59 Å². The normalized spacial score (nSPS) is 14.8. The second kappa shape index (κ2) is 4.57. The molecule has 1 aliphatic carbocycles. The third-order valence-corrected chi connectivity index (χ3v) is 3.25. The number of benzene rings is 1. The quantitative estimate of drug-likeness (QED) is 0.770. The van der Waals surface area contributed by atoms with Crippen LogP contribution in [0.1, 0.15) is 51.1 Å². The molecular formula is C13H14O4. The predicted molar refractivity (Wildman–Crippen MR) is 61.6 cm³/mol. The Kier molecular flexibility index (Phi) is 3.13. The Bertz CT molecular complexity index is 434. The lowest BCUT2D eigenvalue weighted by Crippen LogP contribution is -2.10. The lowest BCUT2D eigenvalue weighted by atomic mass is 9.92. The minimum atomic E-state index is -0.972. The fourth-order valence-electron chi connectivity index (χ4n) is 2.45. The highest BCUT2D eigenvalue weighted by atomic mass is 16.4. The molecule has 0 fully saturated rings. The molecule has 2 N–H and O–H groups in total. The van der Waals surface area contributed by atoms with Crippen LogP contribution in [0, 0.1) is 0 Å². The Hall–Kier alpha value is -1.84. The van der Waals surface area contributed by atoms with Crippen LogP contribution in [0.5, 0.6) is 0 Å². The molecule has 1 aromatic carbocycles. The highest BCUT2D eigenvalue weighted by molar-refractivity contribution is 5.95. The summed E-state index contributed by atoms with van der Waals surface area (Å²) in [6, 6.07) is 2.83. The third-order valence-electron chi connectivity index (χ3n) is 3.25. The van der Waals surface area contributed by atoms with Crippen molar-refractivity contribution >= 4 is 11.9 Å². The van der Waals surface area contributed by atoms with E-state index < -0.39 is 11.9 Å². The first kappa shape index (κ1) is 11.6. The van der Waals surface area contributed by atoms with Crippen LogP contribution in [-0.4, -0.2) is 22.2 Å². The SMILES string of the molecule is O=C(O)c1ccc(C(=O)O)c2c1CCCCC2. The number of carboxylic acids is 2. The number of hydrogen-bond donors (Lipinski definition) is 2. The third kappa shape index (κ3) is 2.16. The summed E-state index contributed by atoms with van der Waals surface area (Å²) in [5.41, 5.74) is 1.95. The van der Waals surface area contributed by atoms with Gasteiger partial charge in [-0.15, -0.1) is 0 Å². The molecule has 0 radical (unpaired) electrons. The minimum absolute atomic E-state index is 0.256. The van der Waals surface area contributed by atoms with Crippen LogP contribution in [-0.2, 0) is 12.8 Å². The van der Waals surface area contributed by atoms with Gasteiger partial charge in [-0.05, 0) is 48.9 Å². The average molecular weight is 234 g/mol. The van der Waals surface area contributed by atoms with Gasteiger partial charge in [0.1, 0.15) is 0 Å². The zero-order chi connectivity index (χ0) is 12.4. The van der Waals surface area contributed by atoms with Gasteiger partial charge in [-0.3, -0.25) is 0 Å². The van der Waals surface area contributed by atoms with E-state index in [1.807, 2.05) is 0 Å². The summed E-state index contributed by atoms with van der Waals surface area (Å²) in [6.07, 6.45) is 4.20. The van der Waals surface area contributed by atoms with Gasteiger partial charge in [0.25, 0.3) is 0 Å². The second-order valence-corrected chi connectivity index (χ2v) is 4.29. The van der Waals surface area contributed by atoms with Gasteiger partial charge in [-0.2, -0.15) is 0 Å². The molecule has 0 saturated carbocycles. The van der Waals surface area contributed by atoms with Crippen LogP contribution in [0.3, 0.4) is 0 Å². The van der Waals surface area contributed by atoms with Crippen LogP contribution >= 0.6 is 0 Å². The van der Waals surface area contributed by atoms with Crippen LogP contribution in [0.25, 0.3) is 0 Å². The van der Waals surface area contributed by atoms with Crippen molar-refractivity contribution in [2.24, 2.45) is 0 Å². The lowest BCUT2D eigenvalue weighted by molar-refractivity contribution is 0.0679. The first-order valence-electron chi connectivity index (χ1n) is 5.72. The molecule has 1 aromatic rings. The fourth-order valence-corrected chi connectivity index (χ4v) is 2.45. The Labute approximate surface area is 98.9 Å². The summed E-state index contributed by atoms with van der Waals surface area (Å²) < 4.78 is 0. The van der Waals surface area contributed by atoms with Crippen molar-refractivity contribution in [2.45, 2.75) is 32.1 Å². The molecule has 0 amide bonds. The molecule has 0 saturated heterocycles. The van der Waals surface area contributed by atoms with Gasteiger partial charge in [0.05, 0.1) is 11.1 Å². The van der Waals surface area contributed by atoms with E-state index in [4.69, 9.17) is 10.2 Å². The molecule has 4 nitrogen and oxygen atoms in total. The Morgan fingerprint density at radius 2 is 1.24 bits per heavy atom. The summed E-state index contributed by atoms with van der Waals surface area (Å²) in [5.74, 6) is -1.94. The molecule has 4 heteroatoms. The lowest BCUT2D eigenvalue weighted by Gasteiger charge is -2.12. The summed E-state index contributed by atoms with van der Waals surface area (Å²) in [6.45, 7) is 0. The molecule has 0 aromatic heterocycles. The molecule has 2 rings (SSSR count). The summed E-state index contributed by atoms with van der Waals surface area (Å²) in [4.78, 5) is 22.2. The molecule has 0 unspecified atom stereocenters. The van der Waals surface area contributed by atoms with Crippen molar-refractivity contribution < 1.29 is 19.8 Å². The average Bonchev–Trinajstić information content (AvgIpc) is 2.52. The van der Waals surface area contributed by atoms with E-state index in [0.717, 1.165) is 30.4 Å². The maximum absolute atomic E-state index is 11.1. The number of carboxylic acid groups (broad SMARTS) is 2. The molecule has 17 heavy (non-hydrogen) atoms. The number of aromatic carboxylic acids is 2. The van der Waals surface area contributed by atoms with Gasteiger partial charge in [-0.1, -0.05) is 6.42 Å². The number of hydrogen-bond acceptors (Lipinski definition) is 2. The first-order chi connectivity index (χ1) is 8.11. The zero-order valence-corrected chi connectivity index (χ0v) is 9.40. The molecule has 1 aliphatic rings. The topological polar surface area (TPSA) is 74.6 Å². The standard InChI is InChI=1S/C13H14O4/c14-12(15)10-6-7-11(13(16)17)9-5-3-1-2-4-8(9)10/h6-7H,1-5H2,(H,14,15)(H,16,17). The predicted octanol–water partition coefficient (Wildman–Crippen LogP) is 2.35. The Morgan fingerprint density at radius 1 is 0.824 bits per heavy atom. The summed E-state index contributed by atoms with van der Waals surface area (Å²) in [5, 5.41) is 18.2. The molecule has 0 atom stereocenters. The molecule has 0 spiro atoms. The van der Waals surface area contributed by atoms with Gasteiger partial charge >= 0.3 is 11.9 Å². The second-order valence-electron chi connectivity index (χ2n) is 4.29. The van der Waals surface area contributed by atoms with Crippen molar-refractivity contribution in [1.82, 2.24) is 0 Å². The molecule has 0 heterocycles. The summed E-state index contributed by atoms with van der Waals surface area (Å²) in [7, 11) is 0. The minimum Gasteiger partial charge on any atom is -0.478 e. The van der Waals surface area contributed by atoms with E-state index in [1.54, 1.807) is 0 Å². The van der Waals surface area contributed by atoms with E-state index in [9.17, 15) is 9.59 Å².